The highest BCUT2D eigenvalue weighted by Crippen LogP contribution is 2.15. The molecule has 1 aromatic heterocycles. The van der Waals surface area contributed by atoms with Crippen molar-refractivity contribution in [2.45, 2.75) is 18.0 Å². The number of carbonyl (C=O) groups is 1. The number of nitrogens with zero attached hydrogens (tertiary/aromatic N) is 3. The summed E-state index contributed by atoms with van der Waals surface area (Å²) >= 11 is 1.66. The molecule has 0 unspecified atom stereocenters. The number of hydrogen-bond donors (Lipinski definition) is 1. The summed E-state index contributed by atoms with van der Waals surface area (Å²) in [4.78, 5) is 13.4. The monoisotopic (exact) mass is 356 g/mol. The van der Waals surface area contributed by atoms with Gasteiger partial charge in [0.05, 0.1) is 12.7 Å². The van der Waals surface area contributed by atoms with Gasteiger partial charge >= 0.3 is 0 Å². The zero-order chi connectivity index (χ0) is 17.6. The number of hydrogen-bond acceptors (Lipinski definition) is 4. The van der Waals surface area contributed by atoms with Gasteiger partial charge in [-0.1, -0.05) is 29.5 Å². The van der Waals surface area contributed by atoms with E-state index in [2.05, 4.69) is 15.6 Å². The molecule has 7 heteroatoms. The summed E-state index contributed by atoms with van der Waals surface area (Å²) in [5.41, 5.74) is 2.16. The van der Waals surface area contributed by atoms with Gasteiger partial charge in [0.15, 0.2) is 5.69 Å². The number of halogens is 1. The molecule has 3 aromatic rings. The van der Waals surface area contributed by atoms with Gasteiger partial charge in [-0.15, -0.1) is 16.9 Å². The molecule has 1 heterocycles. The molecule has 0 atom stereocenters. The van der Waals surface area contributed by atoms with Crippen molar-refractivity contribution in [3.63, 3.8) is 0 Å². The van der Waals surface area contributed by atoms with E-state index in [4.69, 9.17) is 0 Å². The van der Waals surface area contributed by atoms with Crippen molar-refractivity contribution in [1.82, 2.24) is 20.3 Å². The Labute approximate surface area is 149 Å². The van der Waals surface area contributed by atoms with Crippen molar-refractivity contribution < 1.29 is 9.18 Å². The SMILES string of the molecule is CSc1cccc(CNC(=O)c2cn(Cc3ccc(F)cc3)nn2)c1. The second-order valence-electron chi connectivity index (χ2n) is 5.46. The molecule has 0 saturated carbocycles. The van der Waals surface area contributed by atoms with E-state index >= 15 is 0 Å². The standard InChI is InChI=1S/C18H17FN4OS/c1-25-16-4-2-3-14(9-16)10-20-18(24)17-12-23(22-21-17)11-13-5-7-15(19)8-6-13/h2-9,12H,10-11H2,1H3,(H,20,24). The Kier molecular flexibility index (Phi) is 5.45. The maximum atomic E-state index is 12.9. The van der Waals surface area contributed by atoms with Crippen molar-refractivity contribution in [3.8, 4) is 0 Å². The van der Waals surface area contributed by atoms with E-state index in [0.717, 1.165) is 16.0 Å². The fraction of sp³-hybridized carbons (Fsp3) is 0.167. The number of amides is 1. The Balaban J connectivity index is 1.59. The Bertz CT molecular complexity index is 864. The zero-order valence-corrected chi connectivity index (χ0v) is 14.5. The van der Waals surface area contributed by atoms with Gasteiger partial charge in [0.25, 0.3) is 5.91 Å². The van der Waals surface area contributed by atoms with E-state index in [1.165, 1.54) is 12.1 Å². The van der Waals surface area contributed by atoms with Crippen molar-refractivity contribution in [2.24, 2.45) is 0 Å². The lowest BCUT2D eigenvalue weighted by Gasteiger charge is -2.04. The topological polar surface area (TPSA) is 59.8 Å². The lowest BCUT2D eigenvalue weighted by atomic mass is 10.2. The van der Waals surface area contributed by atoms with Crippen LogP contribution in [0.3, 0.4) is 0 Å². The van der Waals surface area contributed by atoms with Gasteiger partial charge in [-0.3, -0.25) is 4.79 Å². The Morgan fingerprint density at radius 1 is 1.20 bits per heavy atom. The average Bonchev–Trinajstić information content (AvgIpc) is 3.10. The molecule has 2 aromatic carbocycles. The molecule has 0 saturated heterocycles. The van der Waals surface area contributed by atoms with Crippen LogP contribution >= 0.6 is 11.8 Å². The lowest BCUT2D eigenvalue weighted by Crippen LogP contribution is -2.23. The number of benzene rings is 2. The minimum Gasteiger partial charge on any atom is -0.347 e. The summed E-state index contributed by atoms with van der Waals surface area (Å²) in [5, 5.41) is 10.7. The second-order valence-corrected chi connectivity index (χ2v) is 6.34. The maximum absolute atomic E-state index is 12.9. The average molecular weight is 356 g/mol. The van der Waals surface area contributed by atoms with Crippen LogP contribution in [0.1, 0.15) is 21.6 Å². The molecule has 0 fully saturated rings. The first-order chi connectivity index (χ1) is 12.1. The van der Waals surface area contributed by atoms with E-state index in [0.29, 0.717) is 13.1 Å². The highest BCUT2D eigenvalue weighted by atomic mass is 32.2. The Morgan fingerprint density at radius 2 is 2.00 bits per heavy atom. The molecule has 1 N–H and O–H groups in total. The van der Waals surface area contributed by atoms with E-state index in [-0.39, 0.29) is 17.4 Å². The highest BCUT2D eigenvalue weighted by Gasteiger charge is 2.11. The summed E-state index contributed by atoms with van der Waals surface area (Å²) in [6.07, 6.45) is 3.59. The van der Waals surface area contributed by atoms with Crippen LogP contribution in [0, 0.1) is 5.82 Å². The van der Waals surface area contributed by atoms with Gasteiger partial charge < -0.3 is 5.32 Å². The van der Waals surface area contributed by atoms with E-state index in [1.807, 2.05) is 30.5 Å². The van der Waals surface area contributed by atoms with Crippen LogP contribution in [0.5, 0.6) is 0 Å². The molecule has 0 bridgehead atoms. The Hall–Kier alpha value is -2.67. The predicted molar refractivity (Wildman–Crippen MR) is 94.9 cm³/mol. The largest absolute Gasteiger partial charge is 0.347 e. The molecular weight excluding hydrogens is 339 g/mol. The van der Waals surface area contributed by atoms with E-state index in [1.54, 1.807) is 34.8 Å². The number of carbonyl (C=O) groups excluding carboxylic acids is 1. The third-order valence-electron chi connectivity index (χ3n) is 3.62. The Morgan fingerprint density at radius 3 is 2.76 bits per heavy atom. The molecule has 0 radical (unpaired) electrons. The van der Waals surface area contributed by atoms with Crippen LogP contribution < -0.4 is 5.32 Å². The number of nitrogens with one attached hydrogen (secondary N) is 1. The molecule has 0 spiro atoms. The summed E-state index contributed by atoms with van der Waals surface area (Å²) < 4.78 is 14.5. The van der Waals surface area contributed by atoms with Crippen LogP contribution in [0.25, 0.3) is 0 Å². The van der Waals surface area contributed by atoms with Crippen LogP contribution in [0.15, 0.2) is 59.6 Å². The van der Waals surface area contributed by atoms with Gasteiger partial charge in [0.1, 0.15) is 5.82 Å². The van der Waals surface area contributed by atoms with Gasteiger partial charge in [0.2, 0.25) is 0 Å². The van der Waals surface area contributed by atoms with Crippen LogP contribution in [0.4, 0.5) is 4.39 Å². The fourth-order valence-electron chi connectivity index (χ4n) is 2.31. The van der Waals surface area contributed by atoms with Crippen LogP contribution in [-0.4, -0.2) is 27.2 Å². The lowest BCUT2D eigenvalue weighted by molar-refractivity contribution is 0.0946. The first kappa shape index (κ1) is 17.2. The van der Waals surface area contributed by atoms with E-state index in [9.17, 15) is 9.18 Å². The summed E-state index contributed by atoms with van der Waals surface area (Å²) in [6, 6.07) is 14.1. The minimum atomic E-state index is -0.284. The van der Waals surface area contributed by atoms with Gasteiger partial charge in [-0.25, -0.2) is 9.07 Å². The minimum absolute atomic E-state index is 0.253. The number of aromatic nitrogens is 3. The third-order valence-corrected chi connectivity index (χ3v) is 4.34. The molecular formula is C18H17FN4OS. The summed E-state index contributed by atoms with van der Waals surface area (Å²) in [7, 11) is 0. The molecule has 128 valence electrons. The van der Waals surface area contributed by atoms with Crippen molar-refractivity contribution >= 4 is 17.7 Å². The summed E-state index contributed by atoms with van der Waals surface area (Å²) in [5.74, 6) is -0.562. The number of thioether (sulfide) groups is 1. The molecule has 3 rings (SSSR count). The first-order valence-corrected chi connectivity index (χ1v) is 8.92. The van der Waals surface area contributed by atoms with E-state index < -0.39 is 0 Å². The van der Waals surface area contributed by atoms with Crippen molar-refractivity contribution in [2.75, 3.05) is 6.26 Å². The predicted octanol–water partition coefficient (Wildman–Crippen LogP) is 3.12. The molecule has 25 heavy (non-hydrogen) atoms. The fourth-order valence-corrected chi connectivity index (χ4v) is 2.80. The van der Waals surface area contributed by atoms with Crippen molar-refractivity contribution in [3.05, 3.63) is 77.4 Å². The van der Waals surface area contributed by atoms with Gasteiger partial charge in [-0.05, 0) is 41.6 Å². The smallest absolute Gasteiger partial charge is 0.273 e. The van der Waals surface area contributed by atoms with Gasteiger partial charge in [0, 0.05) is 11.4 Å². The molecule has 5 nitrogen and oxygen atoms in total. The van der Waals surface area contributed by atoms with Crippen molar-refractivity contribution in [1.29, 1.82) is 0 Å². The molecule has 0 aliphatic rings. The maximum Gasteiger partial charge on any atom is 0.273 e. The first-order valence-electron chi connectivity index (χ1n) is 7.70. The normalized spacial score (nSPS) is 10.6. The third kappa shape index (κ3) is 4.67. The highest BCUT2D eigenvalue weighted by molar-refractivity contribution is 7.98. The molecule has 0 aliphatic carbocycles. The zero-order valence-electron chi connectivity index (χ0n) is 13.6. The molecule has 0 aliphatic heterocycles. The van der Waals surface area contributed by atoms with Gasteiger partial charge in [-0.2, -0.15) is 0 Å². The quantitative estimate of drug-likeness (QED) is 0.690. The van der Waals surface area contributed by atoms with Crippen LogP contribution in [0.2, 0.25) is 0 Å². The molecule has 1 amide bonds. The number of rotatable bonds is 6. The second kappa shape index (κ2) is 7.94. The van der Waals surface area contributed by atoms with Crippen LogP contribution in [-0.2, 0) is 13.1 Å². The summed E-state index contributed by atoms with van der Waals surface area (Å²) in [6.45, 7) is 0.856.